The van der Waals surface area contributed by atoms with Gasteiger partial charge in [-0.25, -0.2) is 4.39 Å². The summed E-state index contributed by atoms with van der Waals surface area (Å²) in [7, 11) is 0. The predicted octanol–water partition coefficient (Wildman–Crippen LogP) is 2.98. The highest BCUT2D eigenvalue weighted by molar-refractivity contribution is 6.00. The van der Waals surface area contributed by atoms with Gasteiger partial charge in [-0.05, 0) is 49.7 Å². The van der Waals surface area contributed by atoms with Crippen LogP contribution in [0.1, 0.15) is 17.5 Å². The minimum Gasteiger partial charge on any atom is -0.455 e. The predicted molar refractivity (Wildman–Crippen MR) is 102 cm³/mol. The number of carbonyl (C=O) groups excluding carboxylic acids is 3. The van der Waals surface area contributed by atoms with Crippen LogP contribution in [0.3, 0.4) is 0 Å². The first-order valence-corrected chi connectivity index (χ1v) is 8.93. The lowest BCUT2D eigenvalue weighted by Crippen LogP contribution is -2.28. The number of rotatable bonds is 5. The molecule has 0 bridgehead atoms. The fraction of sp³-hybridized carbons (Fsp3) is 0.286. The summed E-state index contributed by atoms with van der Waals surface area (Å²) in [5.74, 6) is -2.30. The van der Waals surface area contributed by atoms with E-state index in [1.807, 2.05) is 32.0 Å². The average molecular weight is 384 g/mol. The molecular formula is C21H21FN2O4. The number of anilines is 2. The van der Waals surface area contributed by atoms with Gasteiger partial charge in [0.25, 0.3) is 5.91 Å². The van der Waals surface area contributed by atoms with Crippen LogP contribution < -0.4 is 10.2 Å². The second-order valence-corrected chi connectivity index (χ2v) is 6.86. The normalized spacial score (nSPS) is 16.2. The Kier molecular flexibility index (Phi) is 5.73. The van der Waals surface area contributed by atoms with Crippen LogP contribution in [0.5, 0.6) is 0 Å². The number of aryl methyl sites for hydroxylation is 2. The third-order valence-corrected chi connectivity index (χ3v) is 4.57. The maximum atomic E-state index is 12.9. The van der Waals surface area contributed by atoms with E-state index >= 15 is 0 Å². The Balaban J connectivity index is 1.54. The second kappa shape index (κ2) is 8.21. The van der Waals surface area contributed by atoms with Crippen LogP contribution in [-0.4, -0.2) is 30.9 Å². The van der Waals surface area contributed by atoms with Crippen molar-refractivity contribution < 1.29 is 23.5 Å². The highest BCUT2D eigenvalue weighted by atomic mass is 19.1. The van der Waals surface area contributed by atoms with E-state index in [1.165, 1.54) is 24.3 Å². The molecular weight excluding hydrogens is 363 g/mol. The van der Waals surface area contributed by atoms with Crippen molar-refractivity contribution in [3.8, 4) is 0 Å². The Morgan fingerprint density at radius 1 is 1.18 bits per heavy atom. The molecule has 1 heterocycles. The number of hydrogen-bond donors (Lipinski definition) is 1. The number of nitrogens with zero attached hydrogens (tertiary/aromatic N) is 1. The van der Waals surface area contributed by atoms with Crippen LogP contribution in [0, 0.1) is 25.6 Å². The van der Waals surface area contributed by atoms with Crippen LogP contribution in [0.15, 0.2) is 42.5 Å². The molecule has 1 aliphatic rings. The van der Waals surface area contributed by atoms with Crippen molar-refractivity contribution in [3.05, 3.63) is 59.4 Å². The fourth-order valence-corrected chi connectivity index (χ4v) is 3.19. The molecule has 0 spiro atoms. The third kappa shape index (κ3) is 4.54. The smallest absolute Gasteiger partial charge is 0.311 e. The number of carbonyl (C=O) groups is 3. The van der Waals surface area contributed by atoms with Gasteiger partial charge in [0, 0.05) is 24.3 Å². The van der Waals surface area contributed by atoms with Crippen LogP contribution >= 0.6 is 0 Å². The van der Waals surface area contributed by atoms with Gasteiger partial charge < -0.3 is 15.0 Å². The lowest BCUT2D eigenvalue weighted by molar-refractivity contribution is -0.151. The first kappa shape index (κ1) is 19.5. The topological polar surface area (TPSA) is 75.7 Å². The number of amides is 2. The van der Waals surface area contributed by atoms with Gasteiger partial charge in [0.05, 0.1) is 5.92 Å². The van der Waals surface area contributed by atoms with Gasteiger partial charge in [-0.3, -0.25) is 14.4 Å². The molecule has 0 aromatic heterocycles. The van der Waals surface area contributed by atoms with E-state index in [9.17, 15) is 18.8 Å². The molecule has 7 heteroatoms. The number of benzene rings is 2. The second-order valence-electron chi connectivity index (χ2n) is 6.86. The summed E-state index contributed by atoms with van der Waals surface area (Å²) in [6, 6.07) is 11.0. The molecule has 28 heavy (non-hydrogen) atoms. The number of esters is 1. The zero-order valence-electron chi connectivity index (χ0n) is 15.7. The molecule has 3 rings (SSSR count). The quantitative estimate of drug-likeness (QED) is 0.804. The zero-order chi connectivity index (χ0) is 20.3. The molecule has 1 saturated heterocycles. The Labute approximate surface area is 162 Å². The molecule has 6 nitrogen and oxygen atoms in total. The van der Waals surface area contributed by atoms with E-state index in [4.69, 9.17) is 4.74 Å². The molecule has 1 fully saturated rings. The standard InChI is InChI=1S/C21H21FN2O4/c1-13-3-8-18(14(2)9-13)24-11-15(10-20(24)26)21(27)28-12-19(25)23-17-6-4-16(22)5-7-17/h3-9,15H,10-12H2,1-2H3,(H,23,25)/t15-/m0/s1. The molecule has 2 aromatic carbocycles. The zero-order valence-corrected chi connectivity index (χ0v) is 15.7. The number of ether oxygens (including phenoxy) is 1. The van der Waals surface area contributed by atoms with Gasteiger partial charge in [-0.1, -0.05) is 17.7 Å². The SMILES string of the molecule is Cc1ccc(N2C[C@@H](C(=O)OCC(=O)Nc3ccc(F)cc3)CC2=O)c(C)c1. The third-order valence-electron chi connectivity index (χ3n) is 4.57. The van der Waals surface area contributed by atoms with Crippen molar-refractivity contribution >= 4 is 29.2 Å². The Hall–Kier alpha value is -3.22. The summed E-state index contributed by atoms with van der Waals surface area (Å²) >= 11 is 0. The number of hydrogen-bond acceptors (Lipinski definition) is 4. The molecule has 0 unspecified atom stereocenters. The lowest BCUT2D eigenvalue weighted by Gasteiger charge is -2.19. The van der Waals surface area contributed by atoms with Crippen molar-refractivity contribution in [2.45, 2.75) is 20.3 Å². The maximum Gasteiger partial charge on any atom is 0.311 e. The van der Waals surface area contributed by atoms with Crippen LogP contribution in [0.4, 0.5) is 15.8 Å². The van der Waals surface area contributed by atoms with Crippen LogP contribution in [0.25, 0.3) is 0 Å². The van der Waals surface area contributed by atoms with Gasteiger partial charge in [0.15, 0.2) is 6.61 Å². The van der Waals surface area contributed by atoms with E-state index in [1.54, 1.807) is 4.90 Å². The number of nitrogens with one attached hydrogen (secondary N) is 1. The van der Waals surface area contributed by atoms with Crippen LogP contribution in [0.2, 0.25) is 0 Å². The molecule has 0 aliphatic carbocycles. The lowest BCUT2D eigenvalue weighted by atomic mass is 10.1. The largest absolute Gasteiger partial charge is 0.455 e. The van der Waals surface area contributed by atoms with Crippen molar-refractivity contribution in [2.24, 2.45) is 5.92 Å². The molecule has 1 N–H and O–H groups in total. The maximum absolute atomic E-state index is 12.9. The average Bonchev–Trinajstić information content (AvgIpc) is 3.03. The minimum absolute atomic E-state index is 0.0474. The molecule has 1 atom stereocenters. The van der Waals surface area contributed by atoms with E-state index in [0.29, 0.717) is 5.69 Å². The van der Waals surface area contributed by atoms with Gasteiger partial charge in [-0.15, -0.1) is 0 Å². The summed E-state index contributed by atoms with van der Waals surface area (Å²) in [4.78, 5) is 38.1. The van der Waals surface area contributed by atoms with E-state index < -0.39 is 30.2 Å². The van der Waals surface area contributed by atoms with E-state index in [2.05, 4.69) is 5.32 Å². The van der Waals surface area contributed by atoms with Gasteiger partial charge >= 0.3 is 5.97 Å². The number of halogens is 1. The van der Waals surface area contributed by atoms with Gasteiger partial charge in [-0.2, -0.15) is 0 Å². The highest BCUT2D eigenvalue weighted by Crippen LogP contribution is 2.29. The van der Waals surface area contributed by atoms with Crippen LogP contribution in [-0.2, 0) is 19.1 Å². The van der Waals surface area contributed by atoms with Gasteiger partial charge in [0.1, 0.15) is 5.82 Å². The Morgan fingerprint density at radius 3 is 2.57 bits per heavy atom. The first-order valence-electron chi connectivity index (χ1n) is 8.93. The summed E-state index contributed by atoms with van der Waals surface area (Å²) < 4.78 is 17.9. The van der Waals surface area contributed by atoms with Gasteiger partial charge in [0.2, 0.25) is 5.91 Å². The summed E-state index contributed by atoms with van der Waals surface area (Å²) in [6.45, 7) is 3.65. The summed E-state index contributed by atoms with van der Waals surface area (Å²) in [5.41, 5.74) is 3.23. The minimum atomic E-state index is -0.619. The fourth-order valence-electron chi connectivity index (χ4n) is 3.19. The first-order chi connectivity index (χ1) is 13.3. The molecule has 1 aliphatic heterocycles. The Morgan fingerprint density at radius 2 is 1.89 bits per heavy atom. The molecule has 0 saturated carbocycles. The molecule has 0 radical (unpaired) electrons. The monoisotopic (exact) mass is 384 g/mol. The van der Waals surface area contributed by atoms with Crippen molar-refractivity contribution in [1.82, 2.24) is 0 Å². The molecule has 2 aromatic rings. The van der Waals surface area contributed by atoms with Crippen molar-refractivity contribution in [3.63, 3.8) is 0 Å². The van der Waals surface area contributed by atoms with Crippen molar-refractivity contribution in [1.29, 1.82) is 0 Å². The summed E-state index contributed by atoms with van der Waals surface area (Å²) in [6.07, 6.45) is 0.0474. The van der Waals surface area contributed by atoms with E-state index in [-0.39, 0.29) is 18.9 Å². The van der Waals surface area contributed by atoms with Crippen molar-refractivity contribution in [2.75, 3.05) is 23.4 Å². The molecule has 146 valence electrons. The molecule has 2 amide bonds. The van der Waals surface area contributed by atoms with E-state index in [0.717, 1.165) is 16.8 Å². The Bertz CT molecular complexity index is 911. The highest BCUT2D eigenvalue weighted by Gasteiger charge is 2.36. The summed E-state index contributed by atoms with van der Waals surface area (Å²) in [5, 5.41) is 2.51.